The van der Waals surface area contributed by atoms with Crippen LogP contribution in [0.1, 0.15) is 24.2 Å². The average Bonchev–Trinajstić information content (AvgIpc) is 2.46. The molecule has 0 saturated heterocycles. The fourth-order valence-electron chi connectivity index (χ4n) is 1.78. The normalized spacial score (nSPS) is 12.2. The Morgan fingerprint density at radius 2 is 1.95 bits per heavy atom. The highest BCUT2D eigenvalue weighted by molar-refractivity contribution is 9.10. The third-order valence-electron chi connectivity index (χ3n) is 2.99. The van der Waals surface area contributed by atoms with Crippen LogP contribution in [0, 0.1) is 0 Å². The molecule has 4 heteroatoms. The number of ether oxygens (including phenoxy) is 1. The monoisotopic (exact) mass is 320 g/mol. The molecule has 0 saturated carbocycles. The van der Waals surface area contributed by atoms with Crippen LogP contribution in [0.3, 0.4) is 0 Å². The highest BCUT2D eigenvalue weighted by Crippen LogP contribution is 2.17. The summed E-state index contributed by atoms with van der Waals surface area (Å²) in [7, 11) is 1.68. The van der Waals surface area contributed by atoms with Gasteiger partial charge in [0.15, 0.2) is 0 Å². The van der Waals surface area contributed by atoms with Gasteiger partial charge in [-0.3, -0.25) is 4.98 Å². The van der Waals surface area contributed by atoms with Gasteiger partial charge >= 0.3 is 0 Å². The summed E-state index contributed by atoms with van der Waals surface area (Å²) in [5.41, 5.74) is 2.27. The predicted molar refractivity (Wildman–Crippen MR) is 80.2 cm³/mol. The number of pyridine rings is 1. The number of nitrogens with one attached hydrogen (secondary N) is 1. The lowest BCUT2D eigenvalue weighted by atomic mass is 10.1. The maximum Gasteiger partial charge on any atom is 0.118 e. The van der Waals surface area contributed by atoms with E-state index in [-0.39, 0.29) is 6.04 Å². The van der Waals surface area contributed by atoms with Crippen LogP contribution in [0.2, 0.25) is 0 Å². The first-order chi connectivity index (χ1) is 9.19. The van der Waals surface area contributed by atoms with Crippen LogP contribution >= 0.6 is 15.9 Å². The number of hydrogen-bond acceptors (Lipinski definition) is 3. The van der Waals surface area contributed by atoms with Gasteiger partial charge in [0.2, 0.25) is 0 Å². The number of halogens is 1. The molecule has 100 valence electrons. The second-order valence-corrected chi connectivity index (χ2v) is 5.26. The molecule has 0 aliphatic heterocycles. The zero-order valence-electron chi connectivity index (χ0n) is 11.1. The quantitative estimate of drug-likeness (QED) is 0.912. The summed E-state index contributed by atoms with van der Waals surface area (Å²) in [4.78, 5) is 4.34. The van der Waals surface area contributed by atoms with Crippen LogP contribution in [0.4, 0.5) is 0 Å². The van der Waals surface area contributed by atoms with E-state index in [0.717, 1.165) is 22.5 Å². The molecular weight excluding hydrogens is 304 g/mol. The molecule has 0 spiro atoms. The van der Waals surface area contributed by atoms with Crippen molar-refractivity contribution in [3.63, 3.8) is 0 Å². The lowest BCUT2D eigenvalue weighted by Crippen LogP contribution is -2.18. The van der Waals surface area contributed by atoms with Gasteiger partial charge in [-0.15, -0.1) is 0 Å². The summed E-state index contributed by atoms with van der Waals surface area (Å²) in [6, 6.07) is 12.4. The van der Waals surface area contributed by atoms with E-state index in [2.05, 4.69) is 45.3 Å². The van der Waals surface area contributed by atoms with Gasteiger partial charge in [-0.05, 0) is 52.7 Å². The van der Waals surface area contributed by atoms with E-state index in [4.69, 9.17) is 4.74 Å². The van der Waals surface area contributed by atoms with E-state index < -0.39 is 0 Å². The largest absolute Gasteiger partial charge is 0.497 e. The van der Waals surface area contributed by atoms with Crippen molar-refractivity contribution in [2.75, 3.05) is 7.11 Å². The lowest BCUT2D eigenvalue weighted by Gasteiger charge is -2.14. The number of rotatable bonds is 5. The summed E-state index contributed by atoms with van der Waals surface area (Å²) in [5.74, 6) is 0.880. The first-order valence-electron chi connectivity index (χ1n) is 6.17. The van der Waals surface area contributed by atoms with Gasteiger partial charge in [-0.2, -0.15) is 0 Å². The fourth-order valence-corrected chi connectivity index (χ4v) is 2.01. The predicted octanol–water partition coefficient (Wildman–Crippen LogP) is 3.70. The van der Waals surface area contributed by atoms with Crippen LogP contribution < -0.4 is 10.1 Å². The van der Waals surface area contributed by atoms with Gasteiger partial charge in [-0.1, -0.05) is 12.1 Å². The van der Waals surface area contributed by atoms with Gasteiger partial charge in [-0.25, -0.2) is 0 Å². The first-order valence-corrected chi connectivity index (χ1v) is 6.96. The molecule has 1 atom stereocenters. The van der Waals surface area contributed by atoms with Crippen molar-refractivity contribution in [3.05, 3.63) is 58.3 Å². The molecule has 1 N–H and O–H groups in total. The van der Waals surface area contributed by atoms with Crippen LogP contribution in [0.5, 0.6) is 5.75 Å². The van der Waals surface area contributed by atoms with E-state index in [1.165, 1.54) is 5.56 Å². The molecule has 19 heavy (non-hydrogen) atoms. The van der Waals surface area contributed by atoms with E-state index in [1.807, 2.05) is 30.5 Å². The fraction of sp³-hybridized carbons (Fsp3) is 0.267. The smallest absolute Gasteiger partial charge is 0.118 e. The third kappa shape index (κ3) is 4.04. The topological polar surface area (TPSA) is 34.1 Å². The van der Waals surface area contributed by atoms with Crippen LogP contribution in [0.25, 0.3) is 0 Å². The van der Waals surface area contributed by atoms with E-state index in [9.17, 15) is 0 Å². The molecule has 0 aliphatic carbocycles. The molecule has 0 aliphatic rings. The number of hydrogen-bond donors (Lipinski definition) is 1. The third-order valence-corrected chi connectivity index (χ3v) is 3.46. The molecule has 0 amide bonds. The Balaban J connectivity index is 1.93. The molecule has 2 rings (SSSR count). The summed E-state index contributed by atoms with van der Waals surface area (Å²) >= 11 is 3.38. The Hall–Kier alpha value is -1.39. The van der Waals surface area contributed by atoms with Gasteiger partial charge in [0.05, 0.1) is 12.8 Å². The Labute approximate surface area is 122 Å². The molecular formula is C15H17BrN2O. The van der Waals surface area contributed by atoms with Crippen molar-refractivity contribution < 1.29 is 4.74 Å². The zero-order chi connectivity index (χ0) is 13.7. The number of nitrogens with zero attached hydrogens (tertiary/aromatic N) is 1. The van der Waals surface area contributed by atoms with Crippen molar-refractivity contribution in [1.29, 1.82) is 0 Å². The summed E-state index contributed by atoms with van der Waals surface area (Å²) < 4.78 is 6.15. The summed E-state index contributed by atoms with van der Waals surface area (Å²) in [5, 5.41) is 3.45. The Bertz CT molecular complexity index is 511. The highest BCUT2D eigenvalue weighted by atomic mass is 79.9. The van der Waals surface area contributed by atoms with Crippen molar-refractivity contribution in [3.8, 4) is 5.75 Å². The minimum Gasteiger partial charge on any atom is -0.497 e. The van der Waals surface area contributed by atoms with E-state index in [0.29, 0.717) is 0 Å². The van der Waals surface area contributed by atoms with Crippen LogP contribution in [0.15, 0.2) is 47.1 Å². The molecule has 1 aromatic carbocycles. The summed E-state index contributed by atoms with van der Waals surface area (Å²) in [6.45, 7) is 2.89. The number of aromatic nitrogens is 1. The molecule has 1 aromatic heterocycles. The standard InChI is InChI=1S/C15H17BrN2O/c1-11(12-3-7-15(19-2)8-4-12)17-10-14-6-5-13(16)9-18-14/h3-9,11,17H,10H2,1-2H3. The maximum absolute atomic E-state index is 5.15. The van der Waals surface area contributed by atoms with Crippen molar-refractivity contribution >= 4 is 15.9 Å². The maximum atomic E-state index is 5.15. The molecule has 0 radical (unpaired) electrons. The second kappa shape index (κ2) is 6.68. The van der Waals surface area contributed by atoms with E-state index >= 15 is 0 Å². The Morgan fingerprint density at radius 3 is 2.53 bits per heavy atom. The molecule has 0 bridgehead atoms. The average molecular weight is 321 g/mol. The van der Waals surface area contributed by atoms with Gasteiger partial charge in [0.1, 0.15) is 5.75 Å². The number of benzene rings is 1. The molecule has 3 nitrogen and oxygen atoms in total. The van der Waals surface area contributed by atoms with Crippen LogP contribution in [-0.2, 0) is 6.54 Å². The van der Waals surface area contributed by atoms with Gasteiger partial charge in [0.25, 0.3) is 0 Å². The molecule has 2 aromatic rings. The highest BCUT2D eigenvalue weighted by Gasteiger charge is 2.05. The van der Waals surface area contributed by atoms with Crippen molar-refractivity contribution in [2.24, 2.45) is 0 Å². The van der Waals surface area contributed by atoms with Crippen molar-refractivity contribution in [1.82, 2.24) is 10.3 Å². The Morgan fingerprint density at radius 1 is 1.21 bits per heavy atom. The van der Waals surface area contributed by atoms with Gasteiger partial charge in [0, 0.05) is 23.3 Å². The first kappa shape index (κ1) is 14.0. The lowest BCUT2D eigenvalue weighted by molar-refractivity contribution is 0.414. The molecule has 1 heterocycles. The van der Waals surface area contributed by atoms with Crippen molar-refractivity contribution in [2.45, 2.75) is 19.5 Å². The van der Waals surface area contributed by atoms with Crippen LogP contribution in [-0.4, -0.2) is 12.1 Å². The minimum atomic E-state index is 0.274. The Kier molecular flexibility index (Phi) is 4.93. The molecule has 0 fully saturated rings. The molecule has 1 unspecified atom stereocenters. The minimum absolute atomic E-state index is 0.274. The zero-order valence-corrected chi connectivity index (χ0v) is 12.6. The summed E-state index contributed by atoms with van der Waals surface area (Å²) in [6.07, 6.45) is 1.81. The van der Waals surface area contributed by atoms with E-state index in [1.54, 1.807) is 7.11 Å². The van der Waals surface area contributed by atoms with Gasteiger partial charge < -0.3 is 10.1 Å². The second-order valence-electron chi connectivity index (χ2n) is 4.34. The SMILES string of the molecule is COc1ccc(C(C)NCc2ccc(Br)cn2)cc1. The number of methoxy groups -OCH3 is 1.